The van der Waals surface area contributed by atoms with E-state index in [1.165, 1.54) is 5.56 Å². The fraction of sp³-hybridized carbons (Fsp3) is 0.312. The van der Waals surface area contributed by atoms with Crippen molar-refractivity contribution in [3.63, 3.8) is 0 Å². The number of carbonyl (C=O) groups excluding carboxylic acids is 1. The minimum absolute atomic E-state index is 0.0960. The number of phenols is 1. The quantitative estimate of drug-likeness (QED) is 0.940. The normalized spacial score (nSPS) is 14.1. The van der Waals surface area contributed by atoms with Crippen LogP contribution >= 0.6 is 11.3 Å². The first-order valence-corrected chi connectivity index (χ1v) is 7.82. The Bertz CT molecular complexity index is 607. The van der Waals surface area contributed by atoms with Gasteiger partial charge in [0.25, 0.3) is 0 Å². The second-order valence-electron chi connectivity index (χ2n) is 5.07. The highest BCUT2D eigenvalue weighted by Crippen LogP contribution is 2.35. The number of nitrogens with zero attached hydrogens (tertiary/aromatic N) is 1. The summed E-state index contributed by atoms with van der Waals surface area (Å²) >= 11 is 1.65. The number of carbonyl (C=O) groups is 1. The molecule has 0 radical (unpaired) electrons. The minimum Gasteiger partial charge on any atom is -0.506 e. The van der Waals surface area contributed by atoms with Gasteiger partial charge in [0.15, 0.2) is 0 Å². The lowest BCUT2D eigenvalue weighted by molar-refractivity contribution is -0.118. The topological polar surface area (TPSA) is 40.5 Å². The van der Waals surface area contributed by atoms with E-state index >= 15 is 0 Å². The van der Waals surface area contributed by atoms with Crippen molar-refractivity contribution in [2.75, 3.05) is 11.4 Å². The van der Waals surface area contributed by atoms with E-state index in [4.69, 9.17) is 0 Å². The van der Waals surface area contributed by atoms with Gasteiger partial charge < -0.3 is 10.0 Å². The van der Waals surface area contributed by atoms with E-state index in [1.807, 2.05) is 17.5 Å². The van der Waals surface area contributed by atoms with Gasteiger partial charge >= 0.3 is 0 Å². The molecule has 3 rings (SSSR count). The van der Waals surface area contributed by atoms with E-state index < -0.39 is 0 Å². The van der Waals surface area contributed by atoms with Gasteiger partial charge in [-0.1, -0.05) is 12.1 Å². The molecule has 20 heavy (non-hydrogen) atoms. The molecule has 1 aromatic heterocycles. The number of thiophene rings is 1. The van der Waals surface area contributed by atoms with Gasteiger partial charge in [-0.25, -0.2) is 0 Å². The third-order valence-corrected chi connectivity index (χ3v) is 4.44. The van der Waals surface area contributed by atoms with Crippen LogP contribution in [0.1, 0.15) is 24.0 Å². The summed E-state index contributed by atoms with van der Waals surface area (Å²) in [4.78, 5) is 14.2. The summed E-state index contributed by atoms with van der Waals surface area (Å²) in [7, 11) is 0. The average Bonchev–Trinajstić information content (AvgIpc) is 2.98. The Morgan fingerprint density at radius 1 is 1.35 bits per heavy atom. The molecule has 0 aliphatic carbocycles. The molecular formula is C16H17NO2S. The van der Waals surface area contributed by atoms with Crippen LogP contribution in [0.4, 0.5) is 5.69 Å². The van der Waals surface area contributed by atoms with E-state index in [1.54, 1.807) is 22.3 Å². The van der Waals surface area contributed by atoms with E-state index in [9.17, 15) is 9.90 Å². The largest absolute Gasteiger partial charge is 0.506 e. The SMILES string of the molecule is O=C(CCc1ccsc1)N1CCCc2cccc(O)c21. The zero-order valence-corrected chi connectivity index (χ0v) is 12.0. The summed E-state index contributed by atoms with van der Waals surface area (Å²) in [6.45, 7) is 0.701. The van der Waals surface area contributed by atoms with E-state index in [0.717, 1.165) is 24.8 Å². The summed E-state index contributed by atoms with van der Waals surface area (Å²) in [6, 6.07) is 7.55. The summed E-state index contributed by atoms with van der Waals surface area (Å²) in [5.74, 6) is 0.310. The van der Waals surface area contributed by atoms with Gasteiger partial charge in [-0.05, 0) is 53.3 Å². The second-order valence-corrected chi connectivity index (χ2v) is 5.85. The number of benzene rings is 1. The van der Waals surface area contributed by atoms with Crippen molar-refractivity contribution in [2.45, 2.75) is 25.7 Å². The molecule has 0 atom stereocenters. The number of phenolic OH excluding ortho intramolecular Hbond substituents is 1. The van der Waals surface area contributed by atoms with Crippen LogP contribution in [0.15, 0.2) is 35.0 Å². The van der Waals surface area contributed by atoms with Crippen molar-refractivity contribution in [1.82, 2.24) is 0 Å². The molecule has 1 N–H and O–H groups in total. The Balaban J connectivity index is 1.76. The van der Waals surface area contributed by atoms with E-state index in [2.05, 4.69) is 11.4 Å². The molecule has 1 amide bonds. The number of fused-ring (bicyclic) bond motifs is 1. The van der Waals surface area contributed by atoms with Crippen LogP contribution < -0.4 is 4.90 Å². The summed E-state index contributed by atoms with van der Waals surface area (Å²) in [6.07, 6.45) is 3.14. The molecule has 2 heterocycles. The first-order chi connectivity index (χ1) is 9.75. The van der Waals surface area contributed by atoms with Crippen molar-refractivity contribution in [2.24, 2.45) is 0 Å². The first kappa shape index (κ1) is 13.2. The molecule has 3 nitrogen and oxygen atoms in total. The highest BCUT2D eigenvalue weighted by Gasteiger charge is 2.24. The third kappa shape index (κ3) is 2.56. The van der Waals surface area contributed by atoms with Gasteiger partial charge in [0.2, 0.25) is 5.91 Å². The number of para-hydroxylation sites is 1. The molecule has 0 saturated heterocycles. The zero-order chi connectivity index (χ0) is 13.9. The summed E-state index contributed by atoms with van der Waals surface area (Å²) < 4.78 is 0. The lowest BCUT2D eigenvalue weighted by Gasteiger charge is -2.30. The molecule has 0 unspecified atom stereocenters. The Morgan fingerprint density at radius 3 is 3.05 bits per heavy atom. The molecule has 0 saturated carbocycles. The van der Waals surface area contributed by atoms with Crippen LogP contribution in [-0.4, -0.2) is 17.6 Å². The number of aryl methyl sites for hydroxylation is 2. The van der Waals surface area contributed by atoms with Crippen LogP contribution in [0.3, 0.4) is 0 Å². The van der Waals surface area contributed by atoms with Crippen LogP contribution in [0.25, 0.3) is 0 Å². The average molecular weight is 287 g/mol. The van der Waals surface area contributed by atoms with E-state index in [0.29, 0.717) is 18.7 Å². The molecule has 104 valence electrons. The number of hydrogen-bond acceptors (Lipinski definition) is 3. The number of hydrogen-bond donors (Lipinski definition) is 1. The summed E-state index contributed by atoms with van der Waals surface area (Å²) in [5.41, 5.74) is 2.99. The lowest BCUT2D eigenvalue weighted by Crippen LogP contribution is -2.35. The van der Waals surface area contributed by atoms with Crippen LogP contribution in [0.5, 0.6) is 5.75 Å². The molecule has 2 aromatic rings. The predicted molar refractivity (Wildman–Crippen MR) is 81.4 cm³/mol. The third-order valence-electron chi connectivity index (χ3n) is 3.70. The zero-order valence-electron chi connectivity index (χ0n) is 11.2. The van der Waals surface area contributed by atoms with Gasteiger partial charge in [0, 0.05) is 13.0 Å². The molecular weight excluding hydrogens is 270 g/mol. The van der Waals surface area contributed by atoms with Crippen LogP contribution in [0, 0.1) is 0 Å². The van der Waals surface area contributed by atoms with Crippen molar-refractivity contribution in [3.8, 4) is 5.75 Å². The molecule has 0 spiro atoms. The maximum Gasteiger partial charge on any atom is 0.227 e. The fourth-order valence-electron chi connectivity index (χ4n) is 2.70. The smallest absolute Gasteiger partial charge is 0.227 e. The molecule has 4 heteroatoms. The van der Waals surface area contributed by atoms with Crippen molar-refractivity contribution in [1.29, 1.82) is 0 Å². The fourth-order valence-corrected chi connectivity index (χ4v) is 3.40. The van der Waals surface area contributed by atoms with Gasteiger partial charge in [0.05, 0.1) is 5.69 Å². The van der Waals surface area contributed by atoms with Crippen molar-refractivity contribution in [3.05, 3.63) is 46.2 Å². The maximum atomic E-state index is 12.4. The van der Waals surface area contributed by atoms with Gasteiger partial charge in [-0.2, -0.15) is 11.3 Å². The Hall–Kier alpha value is -1.81. The minimum atomic E-state index is 0.0960. The van der Waals surface area contributed by atoms with Crippen LogP contribution in [0.2, 0.25) is 0 Å². The first-order valence-electron chi connectivity index (χ1n) is 6.88. The maximum absolute atomic E-state index is 12.4. The predicted octanol–water partition coefficient (Wildman–Crippen LogP) is 3.37. The lowest BCUT2D eigenvalue weighted by atomic mass is 10.0. The standard InChI is InChI=1S/C16H17NO2S/c18-14-5-1-3-13-4-2-9-17(16(13)14)15(19)7-6-12-8-10-20-11-12/h1,3,5,8,10-11,18H,2,4,6-7,9H2. The molecule has 0 fully saturated rings. The Morgan fingerprint density at radius 2 is 2.25 bits per heavy atom. The molecule has 1 aliphatic heterocycles. The van der Waals surface area contributed by atoms with Crippen LogP contribution in [-0.2, 0) is 17.6 Å². The van der Waals surface area contributed by atoms with Gasteiger partial charge in [0.1, 0.15) is 5.75 Å². The Kier molecular flexibility index (Phi) is 3.74. The van der Waals surface area contributed by atoms with Gasteiger partial charge in [-0.3, -0.25) is 4.79 Å². The number of rotatable bonds is 3. The monoisotopic (exact) mass is 287 g/mol. The van der Waals surface area contributed by atoms with E-state index in [-0.39, 0.29) is 11.7 Å². The van der Waals surface area contributed by atoms with Gasteiger partial charge in [-0.15, -0.1) is 0 Å². The highest BCUT2D eigenvalue weighted by molar-refractivity contribution is 7.07. The van der Waals surface area contributed by atoms with Crippen molar-refractivity contribution < 1.29 is 9.90 Å². The molecule has 1 aromatic carbocycles. The molecule has 1 aliphatic rings. The number of anilines is 1. The molecule has 0 bridgehead atoms. The summed E-state index contributed by atoms with van der Waals surface area (Å²) in [5, 5.41) is 14.1. The Labute approximate surface area is 122 Å². The highest BCUT2D eigenvalue weighted by atomic mass is 32.1. The number of amides is 1. The number of aromatic hydroxyl groups is 1. The van der Waals surface area contributed by atoms with Crippen molar-refractivity contribution >= 4 is 22.9 Å². The second kappa shape index (κ2) is 5.67.